The number of nitrogens with zero attached hydrogens (tertiary/aromatic N) is 1. The van der Waals surface area contributed by atoms with Crippen LogP contribution in [-0.4, -0.2) is 49.5 Å². The SMILES string of the molecule is CC(C)(C)OC(=O)OCC1CCC[N+]1(C)C.[I-]. The fraction of sp³-hybridized carbons (Fsp3) is 0.917. The summed E-state index contributed by atoms with van der Waals surface area (Å²) in [6, 6.07) is 0.410. The predicted molar refractivity (Wildman–Crippen MR) is 62.2 cm³/mol. The lowest BCUT2D eigenvalue weighted by atomic mass is 10.2. The maximum absolute atomic E-state index is 11.4. The number of quaternary nitrogens is 1. The number of carbonyl (C=O) groups excluding carboxylic acids is 1. The third-order valence-corrected chi connectivity index (χ3v) is 3.04. The Labute approximate surface area is 121 Å². The van der Waals surface area contributed by atoms with Crippen LogP contribution in [0.4, 0.5) is 4.79 Å². The van der Waals surface area contributed by atoms with Gasteiger partial charge in [0.2, 0.25) is 0 Å². The van der Waals surface area contributed by atoms with E-state index >= 15 is 0 Å². The summed E-state index contributed by atoms with van der Waals surface area (Å²) in [6.07, 6.45) is 1.77. The largest absolute Gasteiger partial charge is 1.00 e. The van der Waals surface area contributed by atoms with Crippen molar-refractivity contribution in [2.75, 3.05) is 27.2 Å². The van der Waals surface area contributed by atoms with Crippen LogP contribution in [-0.2, 0) is 9.47 Å². The summed E-state index contributed by atoms with van der Waals surface area (Å²) in [4.78, 5) is 11.4. The summed E-state index contributed by atoms with van der Waals surface area (Å²) >= 11 is 0. The Morgan fingerprint density at radius 1 is 1.35 bits per heavy atom. The highest BCUT2D eigenvalue weighted by molar-refractivity contribution is 5.60. The second kappa shape index (κ2) is 6.22. The van der Waals surface area contributed by atoms with Gasteiger partial charge in [0.25, 0.3) is 0 Å². The molecule has 1 fully saturated rings. The molecule has 5 heteroatoms. The van der Waals surface area contributed by atoms with E-state index < -0.39 is 11.8 Å². The number of hydrogen-bond donors (Lipinski definition) is 0. The van der Waals surface area contributed by atoms with Crippen molar-refractivity contribution < 1.29 is 42.7 Å². The molecule has 0 aromatic rings. The van der Waals surface area contributed by atoms with Crippen molar-refractivity contribution in [3.63, 3.8) is 0 Å². The summed E-state index contributed by atoms with van der Waals surface area (Å²) < 4.78 is 11.2. The van der Waals surface area contributed by atoms with Gasteiger partial charge in [-0.3, -0.25) is 0 Å². The number of rotatable bonds is 2. The van der Waals surface area contributed by atoms with Crippen molar-refractivity contribution >= 4 is 6.16 Å². The third kappa shape index (κ3) is 5.90. The van der Waals surface area contributed by atoms with Crippen LogP contribution >= 0.6 is 0 Å². The van der Waals surface area contributed by atoms with Crippen LogP contribution in [0.2, 0.25) is 0 Å². The summed E-state index contributed by atoms with van der Waals surface area (Å²) in [7, 11) is 4.35. The van der Waals surface area contributed by atoms with Crippen LogP contribution in [0.25, 0.3) is 0 Å². The van der Waals surface area contributed by atoms with Gasteiger partial charge in [-0.2, -0.15) is 0 Å². The average Bonchev–Trinajstić information content (AvgIpc) is 2.38. The van der Waals surface area contributed by atoms with Crippen LogP contribution in [0.1, 0.15) is 33.6 Å². The van der Waals surface area contributed by atoms with E-state index in [0.717, 1.165) is 17.4 Å². The molecule has 0 aliphatic carbocycles. The Kier molecular flexibility index (Phi) is 6.21. The van der Waals surface area contributed by atoms with Gasteiger partial charge in [-0.25, -0.2) is 4.79 Å². The van der Waals surface area contributed by atoms with Crippen LogP contribution < -0.4 is 24.0 Å². The van der Waals surface area contributed by atoms with Gasteiger partial charge in [0.15, 0.2) is 0 Å². The highest BCUT2D eigenvalue weighted by Gasteiger charge is 2.35. The average molecular weight is 357 g/mol. The molecule has 1 atom stereocenters. The van der Waals surface area contributed by atoms with E-state index in [1.54, 1.807) is 0 Å². The van der Waals surface area contributed by atoms with Crippen molar-refractivity contribution in [1.82, 2.24) is 0 Å². The molecule has 1 heterocycles. The second-order valence-corrected chi connectivity index (χ2v) is 6.07. The molecule has 1 unspecified atom stereocenters. The number of hydrogen-bond acceptors (Lipinski definition) is 3. The Morgan fingerprint density at radius 3 is 2.35 bits per heavy atom. The first-order chi connectivity index (χ1) is 7.21. The molecule has 4 nitrogen and oxygen atoms in total. The van der Waals surface area contributed by atoms with Crippen LogP contribution in [0, 0.1) is 0 Å². The zero-order valence-corrected chi connectivity index (χ0v) is 13.6. The van der Waals surface area contributed by atoms with E-state index in [0.29, 0.717) is 12.6 Å². The molecule has 0 aromatic carbocycles. The van der Waals surface area contributed by atoms with Gasteiger partial charge < -0.3 is 37.9 Å². The minimum Gasteiger partial charge on any atom is -1.00 e. The fourth-order valence-electron chi connectivity index (χ4n) is 2.00. The van der Waals surface area contributed by atoms with E-state index in [1.165, 1.54) is 6.42 Å². The molecular weight excluding hydrogens is 333 g/mol. The van der Waals surface area contributed by atoms with Crippen LogP contribution in [0.3, 0.4) is 0 Å². The minimum atomic E-state index is -0.556. The monoisotopic (exact) mass is 357 g/mol. The minimum absolute atomic E-state index is 0. The molecule has 0 spiro atoms. The number of ether oxygens (including phenoxy) is 2. The van der Waals surface area contributed by atoms with E-state index in [2.05, 4.69) is 14.1 Å². The highest BCUT2D eigenvalue weighted by Crippen LogP contribution is 2.22. The summed E-state index contributed by atoms with van der Waals surface area (Å²) in [6.45, 7) is 7.13. The Bertz CT molecular complexity index is 261. The second-order valence-electron chi connectivity index (χ2n) is 6.07. The van der Waals surface area contributed by atoms with Gasteiger partial charge in [-0.1, -0.05) is 0 Å². The van der Waals surface area contributed by atoms with Crippen LogP contribution in [0.5, 0.6) is 0 Å². The molecule has 1 saturated heterocycles. The number of carbonyl (C=O) groups is 1. The van der Waals surface area contributed by atoms with Gasteiger partial charge in [-0.05, 0) is 20.8 Å². The molecule has 1 aliphatic heterocycles. The zero-order valence-electron chi connectivity index (χ0n) is 11.5. The molecule has 0 amide bonds. The molecule has 0 saturated carbocycles. The predicted octanol–water partition coefficient (Wildman–Crippen LogP) is -0.819. The zero-order chi connectivity index (χ0) is 12.4. The van der Waals surface area contributed by atoms with Crippen molar-refractivity contribution in [1.29, 1.82) is 0 Å². The van der Waals surface area contributed by atoms with Gasteiger partial charge in [-0.15, -0.1) is 0 Å². The molecule has 102 valence electrons. The Balaban J connectivity index is 0.00000256. The van der Waals surface area contributed by atoms with Gasteiger partial charge in [0, 0.05) is 12.8 Å². The molecule has 0 N–H and O–H groups in total. The molecule has 0 radical (unpaired) electrons. The van der Waals surface area contributed by atoms with E-state index in [-0.39, 0.29) is 24.0 Å². The van der Waals surface area contributed by atoms with Gasteiger partial charge in [0.05, 0.1) is 20.6 Å². The molecule has 17 heavy (non-hydrogen) atoms. The molecular formula is C12H24INO3. The van der Waals surface area contributed by atoms with E-state index in [4.69, 9.17) is 9.47 Å². The lowest BCUT2D eigenvalue weighted by molar-refractivity contribution is -0.902. The first-order valence-electron chi connectivity index (χ1n) is 5.89. The summed E-state index contributed by atoms with van der Waals surface area (Å²) in [5, 5.41) is 0. The smallest absolute Gasteiger partial charge is 0.509 e. The lowest BCUT2D eigenvalue weighted by Gasteiger charge is -2.31. The molecule has 1 aliphatic rings. The topological polar surface area (TPSA) is 35.5 Å². The third-order valence-electron chi connectivity index (χ3n) is 3.04. The molecule has 0 aromatic heterocycles. The normalized spacial score (nSPS) is 22.8. The van der Waals surface area contributed by atoms with E-state index in [9.17, 15) is 4.79 Å². The van der Waals surface area contributed by atoms with Crippen LogP contribution in [0.15, 0.2) is 0 Å². The first kappa shape index (κ1) is 17.0. The maximum Gasteiger partial charge on any atom is 0.509 e. The number of likely N-dealkylation sites (N-methyl/N-ethyl adjacent to an activating group) is 1. The number of likely N-dealkylation sites (tertiary alicyclic amines) is 1. The molecule has 1 rings (SSSR count). The first-order valence-corrected chi connectivity index (χ1v) is 5.89. The van der Waals surface area contributed by atoms with Gasteiger partial charge >= 0.3 is 6.16 Å². The highest BCUT2D eigenvalue weighted by atomic mass is 127. The van der Waals surface area contributed by atoms with Crippen molar-refractivity contribution in [2.24, 2.45) is 0 Å². The molecule has 0 bridgehead atoms. The van der Waals surface area contributed by atoms with Gasteiger partial charge in [0.1, 0.15) is 18.2 Å². The standard InChI is InChI=1S/C12H24NO3.HI/c1-12(2,3)16-11(14)15-9-10-7-6-8-13(10,4)5;/h10H,6-9H2,1-5H3;1H/q+1;/p-1. The number of halogens is 1. The fourth-order valence-corrected chi connectivity index (χ4v) is 2.00. The maximum atomic E-state index is 11.4. The van der Waals surface area contributed by atoms with E-state index in [1.807, 2.05) is 20.8 Å². The van der Waals surface area contributed by atoms with Crippen molar-refractivity contribution in [3.8, 4) is 0 Å². The van der Waals surface area contributed by atoms with Crippen molar-refractivity contribution in [2.45, 2.75) is 45.3 Å². The summed E-state index contributed by atoms with van der Waals surface area (Å²) in [5.41, 5.74) is -0.475. The van der Waals surface area contributed by atoms with Crippen molar-refractivity contribution in [3.05, 3.63) is 0 Å². The Hall–Kier alpha value is -0.0400. The Morgan fingerprint density at radius 2 is 1.94 bits per heavy atom. The lowest BCUT2D eigenvalue weighted by Crippen LogP contribution is -3.00. The summed E-state index contributed by atoms with van der Waals surface area (Å²) in [5.74, 6) is 0. The quantitative estimate of drug-likeness (QED) is 0.368.